The van der Waals surface area contributed by atoms with E-state index in [4.69, 9.17) is 5.73 Å². The van der Waals surface area contributed by atoms with Gasteiger partial charge in [-0.15, -0.1) is 12.4 Å². The molecule has 112 valence electrons. The number of carbonyl (C=O) groups is 2. The first-order valence-electron chi connectivity index (χ1n) is 6.40. The summed E-state index contributed by atoms with van der Waals surface area (Å²) in [6, 6.07) is 6.42. The van der Waals surface area contributed by atoms with Gasteiger partial charge in [-0.05, 0) is 30.2 Å². The van der Waals surface area contributed by atoms with Gasteiger partial charge in [0.1, 0.15) is 0 Å². The number of amides is 2. The van der Waals surface area contributed by atoms with Crippen LogP contribution in [-0.2, 0) is 9.59 Å². The normalized spacial score (nSPS) is 11.4. The molecule has 0 fully saturated rings. The van der Waals surface area contributed by atoms with Crippen molar-refractivity contribution >= 4 is 35.6 Å². The predicted octanol–water partition coefficient (Wildman–Crippen LogP) is 2.38. The Morgan fingerprint density at radius 3 is 1.95 bits per heavy atom. The summed E-state index contributed by atoms with van der Waals surface area (Å²) < 4.78 is 0. The van der Waals surface area contributed by atoms with Gasteiger partial charge in [0.2, 0.25) is 11.8 Å². The number of nitrogens with one attached hydrogen (secondary N) is 2. The quantitative estimate of drug-likeness (QED) is 0.780. The van der Waals surface area contributed by atoms with Crippen LogP contribution in [0.15, 0.2) is 24.3 Å². The van der Waals surface area contributed by atoms with Gasteiger partial charge in [0.05, 0.1) is 6.04 Å². The van der Waals surface area contributed by atoms with Crippen LogP contribution < -0.4 is 16.4 Å². The van der Waals surface area contributed by atoms with Crippen molar-refractivity contribution in [2.24, 2.45) is 11.7 Å². The Hall–Kier alpha value is -1.59. The summed E-state index contributed by atoms with van der Waals surface area (Å²) in [7, 11) is 0. The van der Waals surface area contributed by atoms with Gasteiger partial charge < -0.3 is 16.4 Å². The van der Waals surface area contributed by atoms with Crippen LogP contribution in [0.4, 0.5) is 11.4 Å². The fourth-order valence-electron chi connectivity index (χ4n) is 1.41. The maximum atomic E-state index is 11.8. The summed E-state index contributed by atoms with van der Waals surface area (Å²) in [5.74, 6) is -0.165. The van der Waals surface area contributed by atoms with Crippen molar-refractivity contribution in [2.45, 2.75) is 33.2 Å². The van der Waals surface area contributed by atoms with Crippen molar-refractivity contribution in [2.75, 3.05) is 10.6 Å². The van der Waals surface area contributed by atoms with E-state index < -0.39 is 6.04 Å². The van der Waals surface area contributed by atoms with E-state index in [1.54, 1.807) is 31.2 Å². The van der Waals surface area contributed by atoms with E-state index in [-0.39, 0.29) is 30.1 Å². The number of halogens is 1. The summed E-state index contributed by atoms with van der Waals surface area (Å²) in [6.07, 6.45) is 0.432. The molecule has 0 aromatic heterocycles. The maximum absolute atomic E-state index is 11.8. The minimum absolute atomic E-state index is 0. The molecule has 0 aliphatic heterocycles. The first-order chi connectivity index (χ1) is 8.93. The monoisotopic (exact) mass is 299 g/mol. The molecule has 0 aliphatic rings. The predicted molar refractivity (Wildman–Crippen MR) is 84.1 cm³/mol. The topological polar surface area (TPSA) is 84.2 Å². The zero-order valence-electron chi connectivity index (χ0n) is 12.0. The molecule has 1 aromatic rings. The van der Waals surface area contributed by atoms with Gasteiger partial charge in [0.25, 0.3) is 0 Å². The third-order valence-corrected chi connectivity index (χ3v) is 2.78. The van der Waals surface area contributed by atoms with E-state index in [9.17, 15) is 9.59 Å². The molecule has 1 rings (SSSR count). The summed E-state index contributed by atoms with van der Waals surface area (Å²) in [5, 5.41) is 5.48. The van der Waals surface area contributed by atoms with Crippen molar-refractivity contribution in [3.8, 4) is 0 Å². The number of carbonyl (C=O) groups excluding carboxylic acids is 2. The third-order valence-electron chi connectivity index (χ3n) is 2.78. The Kier molecular flexibility index (Phi) is 7.87. The van der Waals surface area contributed by atoms with Crippen molar-refractivity contribution in [1.82, 2.24) is 0 Å². The standard InChI is InChI=1S/C14H21N3O2.ClH/c1-4-12(18)16-10-5-7-11(8-6-10)17-14(19)13(15)9(2)3;/h5-9,13H,4,15H2,1-3H3,(H,16,18)(H,17,19);1H. The third kappa shape index (κ3) is 5.59. The highest BCUT2D eigenvalue weighted by Crippen LogP contribution is 2.14. The Labute approximate surface area is 125 Å². The summed E-state index contributed by atoms with van der Waals surface area (Å²) in [5.41, 5.74) is 7.12. The number of rotatable bonds is 5. The molecule has 0 saturated heterocycles. The van der Waals surface area contributed by atoms with Gasteiger partial charge in [0, 0.05) is 17.8 Å². The van der Waals surface area contributed by atoms with E-state index in [0.717, 1.165) is 0 Å². The van der Waals surface area contributed by atoms with Crippen LogP contribution in [0.3, 0.4) is 0 Å². The van der Waals surface area contributed by atoms with Crippen molar-refractivity contribution < 1.29 is 9.59 Å². The molecule has 0 spiro atoms. The lowest BCUT2D eigenvalue weighted by molar-refractivity contribution is -0.118. The summed E-state index contributed by atoms with van der Waals surface area (Å²) in [6.45, 7) is 5.58. The lowest BCUT2D eigenvalue weighted by Gasteiger charge is -2.15. The average molecular weight is 300 g/mol. The fraction of sp³-hybridized carbons (Fsp3) is 0.429. The molecule has 1 aromatic carbocycles. The van der Waals surface area contributed by atoms with Gasteiger partial charge in [-0.1, -0.05) is 20.8 Å². The molecular weight excluding hydrogens is 278 g/mol. The first kappa shape index (κ1) is 18.4. The molecule has 6 heteroatoms. The molecule has 0 aliphatic carbocycles. The minimum Gasteiger partial charge on any atom is -0.326 e. The lowest BCUT2D eigenvalue weighted by atomic mass is 10.0. The van der Waals surface area contributed by atoms with E-state index in [0.29, 0.717) is 17.8 Å². The Morgan fingerprint density at radius 2 is 1.55 bits per heavy atom. The highest BCUT2D eigenvalue weighted by atomic mass is 35.5. The van der Waals surface area contributed by atoms with E-state index in [2.05, 4.69) is 10.6 Å². The Morgan fingerprint density at radius 1 is 1.10 bits per heavy atom. The van der Waals surface area contributed by atoms with Crippen molar-refractivity contribution in [3.63, 3.8) is 0 Å². The van der Waals surface area contributed by atoms with Gasteiger partial charge in [-0.25, -0.2) is 0 Å². The van der Waals surface area contributed by atoms with E-state index in [1.165, 1.54) is 0 Å². The average Bonchev–Trinajstić information content (AvgIpc) is 2.39. The lowest BCUT2D eigenvalue weighted by Crippen LogP contribution is -2.39. The summed E-state index contributed by atoms with van der Waals surface area (Å²) in [4.78, 5) is 23.0. The SMILES string of the molecule is CCC(=O)Nc1ccc(NC(=O)C(N)C(C)C)cc1.Cl. The second-order valence-corrected chi connectivity index (χ2v) is 4.74. The highest BCUT2D eigenvalue weighted by Gasteiger charge is 2.16. The minimum atomic E-state index is -0.528. The first-order valence-corrected chi connectivity index (χ1v) is 6.40. The smallest absolute Gasteiger partial charge is 0.241 e. The number of nitrogens with two attached hydrogens (primary N) is 1. The Bertz CT molecular complexity index is 446. The molecule has 5 nitrogen and oxygen atoms in total. The van der Waals surface area contributed by atoms with Crippen LogP contribution in [0.5, 0.6) is 0 Å². The second-order valence-electron chi connectivity index (χ2n) is 4.74. The highest BCUT2D eigenvalue weighted by molar-refractivity contribution is 5.95. The molecule has 2 amide bonds. The van der Waals surface area contributed by atoms with Gasteiger partial charge in [-0.2, -0.15) is 0 Å². The maximum Gasteiger partial charge on any atom is 0.241 e. The fourth-order valence-corrected chi connectivity index (χ4v) is 1.41. The summed E-state index contributed by atoms with van der Waals surface area (Å²) >= 11 is 0. The van der Waals surface area contributed by atoms with Gasteiger partial charge in [0.15, 0.2) is 0 Å². The molecule has 4 N–H and O–H groups in total. The van der Waals surface area contributed by atoms with Crippen LogP contribution in [0.1, 0.15) is 27.2 Å². The number of hydrogen-bond acceptors (Lipinski definition) is 3. The van der Waals surface area contributed by atoms with Crippen LogP contribution in [0, 0.1) is 5.92 Å². The van der Waals surface area contributed by atoms with E-state index in [1.807, 2.05) is 13.8 Å². The Balaban J connectivity index is 0.00000361. The molecule has 0 bridgehead atoms. The zero-order valence-corrected chi connectivity index (χ0v) is 12.8. The van der Waals surface area contributed by atoms with Crippen LogP contribution in [0.2, 0.25) is 0 Å². The number of hydrogen-bond donors (Lipinski definition) is 3. The molecule has 0 heterocycles. The molecular formula is C14H22ClN3O2. The largest absolute Gasteiger partial charge is 0.326 e. The van der Waals surface area contributed by atoms with Gasteiger partial charge >= 0.3 is 0 Å². The van der Waals surface area contributed by atoms with Crippen molar-refractivity contribution in [1.29, 1.82) is 0 Å². The van der Waals surface area contributed by atoms with E-state index >= 15 is 0 Å². The molecule has 1 atom stereocenters. The van der Waals surface area contributed by atoms with Crippen molar-refractivity contribution in [3.05, 3.63) is 24.3 Å². The second kappa shape index (κ2) is 8.55. The molecule has 1 unspecified atom stereocenters. The number of benzene rings is 1. The van der Waals surface area contributed by atoms with Crippen LogP contribution in [0.25, 0.3) is 0 Å². The zero-order chi connectivity index (χ0) is 14.4. The van der Waals surface area contributed by atoms with Crippen LogP contribution in [-0.4, -0.2) is 17.9 Å². The molecule has 0 saturated carbocycles. The molecule has 20 heavy (non-hydrogen) atoms. The molecule has 0 radical (unpaired) electrons. The number of anilines is 2. The van der Waals surface area contributed by atoms with Gasteiger partial charge in [-0.3, -0.25) is 9.59 Å². The van der Waals surface area contributed by atoms with Crippen LogP contribution >= 0.6 is 12.4 Å².